The van der Waals surface area contributed by atoms with Crippen molar-refractivity contribution in [2.45, 2.75) is 19.3 Å². The standard InChI is InChI=1S/C8H8O.C4H7NO/c1-2-4-8-7(3-1)5-6-9-8;5-4(6)3-1-2-3/h1-4H,5-6H2;3H,1-2H2,(H2,5,6). The molecular formula is C12H15NO2. The smallest absolute Gasteiger partial charge is 0.220 e. The maximum atomic E-state index is 9.98. The number of carbonyl (C=O) groups excluding carboxylic acids is 1. The molecule has 0 aromatic heterocycles. The third-order valence-electron chi connectivity index (χ3n) is 2.58. The molecule has 3 heteroatoms. The van der Waals surface area contributed by atoms with Gasteiger partial charge in [0.2, 0.25) is 5.91 Å². The third-order valence-corrected chi connectivity index (χ3v) is 2.58. The minimum atomic E-state index is -0.130. The van der Waals surface area contributed by atoms with Gasteiger partial charge >= 0.3 is 0 Å². The zero-order valence-electron chi connectivity index (χ0n) is 8.61. The summed E-state index contributed by atoms with van der Waals surface area (Å²) in [6.45, 7) is 0.860. The molecule has 3 nitrogen and oxygen atoms in total. The molecular weight excluding hydrogens is 190 g/mol. The number of primary amides is 1. The van der Waals surface area contributed by atoms with Gasteiger partial charge in [0.05, 0.1) is 6.61 Å². The van der Waals surface area contributed by atoms with Crippen LogP contribution < -0.4 is 10.5 Å². The van der Waals surface area contributed by atoms with Crippen LogP contribution in [0.4, 0.5) is 0 Å². The molecule has 1 aromatic rings. The molecule has 1 aromatic carbocycles. The second-order valence-electron chi connectivity index (χ2n) is 3.88. The number of benzene rings is 1. The molecule has 1 aliphatic carbocycles. The van der Waals surface area contributed by atoms with Crippen molar-refractivity contribution in [1.82, 2.24) is 0 Å². The number of fused-ring (bicyclic) bond motifs is 1. The number of amides is 1. The van der Waals surface area contributed by atoms with E-state index in [9.17, 15) is 4.79 Å². The molecule has 15 heavy (non-hydrogen) atoms. The summed E-state index contributed by atoms with van der Waals surface area (Å²) in [6.07, 6.45) is 3.13. The first kappa shape index (κ1) is 10.0. The normalized spacial score (nSPS) is 17.1. The fourth-order valence-electron chi connectivity index (χ4n) is 1.49. The molecule has 1 aliphatic heterocycles. The summed E-state index contributed by atoms with van der Waals surface area (Å²) < 4.78 is 5.30. The van der Waals surface area contributed by atoms with E-state index in [-0.39, 0.29) is 11.8 Å². The van der Waals surface area contributed by atoms with Crippen molar-refractivity contribution in [1.29, 1.82) is 0 Å². The Kier molecular flexibility index (Phi) is 2.90. The van der Waals surface area contributed by atoms with E-state index in [2.05, 4.69) is 6.07 Å². The summed E-state index contributed by atoms with van der Waals surface area (Å²) >= 11 is 0. The van der Waals surface area contributed by atoms with E-state index in [1.807, 2.05) is 18.2 Å². The quantitative estimate of drug-likeness (QED) is 0.755. The van der Waals surface area contributed by atoms with Crippen LogP contribution in [0.25, 0.3) is 0 Å². The van der Waals surface area contributed by atoms with Crippen LogP contribution in [0.3, 0.4) is 0 Å². The average molecular weight is 205 g/mol. The first-order chi connectivity index (χ1) is 7.27. The molecule has 2 N–H and O–H groups in total. The number of carbonyl (C=O) groups is 1. The maximum Gasteiger partial charge on any atom is 0.220 e. The third kappa shape index (κ3) is 2.72. The van der Waals surface area contributed by atoms with E-state index in [1.54, 1.807) is 0 Å². The Bertz CT molecular complexity index is 335. The fraction of sp³-hybridized carbons (Fsp3) is 0.417. The van der Waals surface area contributed by atoms with Crippen LogP contribution in [0.5, 0.6) is 5.75 Å². The van der Waals surface area contributed by atoms with Gasteiger partial charge in [-0.25, -0.2) is 0 Å². The average Bonchev–Trinajstić information content (AvgIpc) is 2.98. The minimum Gasteiger partial charge on any atom is -0.493 e. The molecule has 0 bridgehead atoms. The number of hydrogen-bond donors (Lipinski definition) is 1. The Hall–Kier alpha value is -1.51. The van der Waals surface area contributed by atoms with Gasteiger partial charge in [0.1, 0.15) is 5.75 Å². The van der Waals surface area contributed by atoms with Gasteiger partial charge in [-0.3, -0.25) is 4.79 Å². The summed E-state index contributed by atoms with van der Waals surface area (Å²) in [5.41, 5.74) is 6.20. The van der Waals surface area contributed by atoms with Gasteiger partial charge in [-0.1, -0.05) is 18.2 Å². The van der Waals surface area contributed by atoms with Crippen molar-refractivity contribution in [2.24, 2.45) is 11.7 Å². The second-order valence-corrected chi connectivity index (χ2v) is 3.88. The van der Waals surface area contributed by atoms with Crippen LogP contribution in [0.2, 0.25) is 0 Å². The van der Waals surface area contributed by atoms with Gasteiger partial charge in [0.15, 0.2) is 0 Å². The van der Waals surface area contributed by atoms with E-state index in [0.29, 0.717) is 0 Å². The van der Waals surface area contributed by atoms with Gasteiger partial charge in [-0.2, -0.15) is 0 Å². The first-order valence-electron chi connectivity index (χ1n) is 5.27. The summed E-state index contributed by atoms with van der Waals surface area (Å²) in [5.74, 6) is 1.18. The molecule has 2 aliphatic rings. The number of para-hydroxylation sites is 1. The second kappa shape index (κ2) is 4.34. The van der Waals surface area contributed by atoms with Crippen molar-refractivity contribution in [2.75, 3.05) is 6.61 Å². The number of nitrogens with two attached hydrogens (primary N) is 1. The predicted octanol–water partition coefficient (Wildman–Crippen LogP) is 1.50. The van der Waals surface area contributed by atoms with Gasteiger partial charge < -0.3 is 10.5 Å². The van der Waals surface area contributed by atoms with E-state index in [4.69, 9.17) is 10.5 Å². The zero-order chi connectivity index (χ0) is 10.7. The molecule has 1 amide bonds. The molecule has 80 valence electrons. The Labute approximate surface area is 89.2 Å². The van der Waals surface area contributed by atoms with E-state index in [1.165, 1.54) is 5.56 Å². The van der Waals surface area contributed by atoms with Gasteiger partial charge in [0, 0.05) is 12.3 Å². The molecule has 0 atom stereocenters. The fourth-order valence-corrected chi connectivity index (χ4v) is 1.49. The van der Waals surface area contributed by atoms with Crippen molar-refractivity contribution in [3.05, 3.63) is 29.8 Å². The molecule has 3 rings (SSSR count). The minimum absolute atomic E-state index is 0.130. The molecule has 1 fully saturated rings. The van der Waals surface area contributed by atoms with Crippen molar-refractivity contribution >= 4 is 5.91 Å². The topological polar surface area (TPSA) is 52.3 Å². The van der Waals surface area contributed by atoms with Gasteiger partial charge in [0.25, 0.3) is 0 Å². The SMILES string of the molecule is NC(=O)C1CC1.c1ccc2c(c1)CCO2. The molecule has 1 saturated carbocycles. The van der Waals surface area contributed by atoms with Crippen LogP contribution in [0, 0.1) is 5.92 Å². The lowest BCUT2D eigenvalue weighted by molar-refractivity contribution is -0.119. The highest BCUT2D eigenvalue weighted by Crippen LogP contribution is 2.27. The van der Waals surface area contributed by atoms with Crippen LogP contribution in [0.15, 0.2) is 24.3 Å². The summed E-state index contributed by atoms with van der Waals surface area (Å²) in [5, 5.41) is 0. The Morgan fingerprint density at radius 1 is 1.33 bits per heavy atom. The molecule has 0 unspecified atom stereocenters. The van der Waals surface area contributed by atoms with Crippen molar-refractivity contribution in [3.63, 3.8) is 0 Å². The number of rotatable bonds is 1. The highest BCUT2D eigenvalue weighted by atomic mass is 16.5. The van der Waals surface area contributed by atoms with Crippen LogP contribution in [-0.2, 0) is 11.2 Å². The highest BCUT2D eigenvalue weighted by molar-refractivity contribution is 5.78. The summed E-state index contributed by atoms with van der Waals surface area (Å²) in [7, 11) is 0. The first-order valence-corrected chi connectivity index (χ1v) is 5.27. The van der Waals surface area contributed by atoms with E-state index >= 15 is 0 Å². The lowest BCUT2D eigenvalue weighted by Gasteiger charge is -1.93. The molecule has 0 radical (unpaired) electrons. The summed E-state index contributed by atoms with van der Waals surface area (Å²) in [4.78, 5) is 9.98. The summed E-state index contributed by atoms with van der Waals surface area (Å²) in [6, 6.07) is 8.18. The van der Waals surface area contributed by atoms with Gasteiger partial charge in [-0.15, -0.1) is 0 Å². The lowest BCUT2D eigenvalue weighted by atomic mass is 10.2. The highest BCUT2D eigenvalue weighted by Gasteiger charge is 2.26. The van der Waals surface area contributed by atoms with E-state index in [0.717, 1.165) is 31.6 Å². The van der Waals surface area contributed by atoms with Gasteiger partial charge in [-0.05, 0) is 24.5 Å². The Morgan fingerprint density at radius 3 is 2.60 bits per heavy atom. The monoisotopic (exact) mass is 205 g/mol. The Morgan fingerprint density at radius 2 is 2.07 bits per heavy atom. The zero-order valence-corrected chi connectivity index (χ0v) is 8.61. The molecule has 0 spiro atoms. The van der Waals surface area contributed by atoms with Crippen molar-refractivity contribution < 1.29 is 9.53 Å². The molecule has 0 saturated heterocycles. The maximum absolute atomic E-state index is 9.98. The molecule has 1 heterocycles. The van der Waals surface area contributed by atoms with Crippen LogP contribution >= 0.6 is 0 Å². The van der Waals surface area contributed by atoms with E-state index < -0.39 is 0 Å². The van der Waals surface area contributed by atoms with Crippen LogP contribution in [-0.4, -0.2) is 12.5 Å². The predicted molar refractivity (Wildman–Crippen MR) is 57.6 cm³/mol. The Balaban J connectivity index is 0.000000124. The lowest BCUT2D eigenvalue weighted by Crippen LogP contribution is -2.11. The number of hydrogen-bond acceptors (Lipinski definition) is 2. The largest absolute Gasteiger partial charge is 0.493 e. The number of ether oxygens (including phenoxy) is 1. The van der Waals surface area contributed by atoms with Crippen molar-refractivity contribution in [3.8, 4) is 5.75 Å². The van der Waals surface area contributed by atoms with Crippen LogP contribution in [0.1, 0.15) is 18.4 Å².